The molecule has 0 saturated carbocycles. The fraction of sp³-hybridized carbons (Fsp3) is 0.333. The molecule has 10 heteroatoms. The highest BCUT2D eigenvalue weighted by Crippen LogP contribution is 2.27. The van der Waals surface area contributed by atoms with E-state index in [0.29, 0.717) is 27.8 Å². The standard InChI is InChI=1S/C30H35Cl2N3O4S/c1-20(2)17-33-30(37)23(5)34(18-24-11-14-27(31)28(32)16-24)29(36)19-35(25-8-6-7-22(4)15-25)40(38,39)26-12-9-21(3)10-13-26/h6-16,20,23H,17-19H2,1-5H3,(H,33,37). The second kappa shape index (κ2) is 13.5. The van der Waals surface area contributed by atoms with Gasteiger partial charge in [0.25, 0.3) is 10.0 Å². The Morgan fingerprint density at radius 2 is 1.55 bits per heavy atom. The number of nitrogens with one attached hydrogen (secondary N) is 1. The summed E-state index contributed by atoms with van der Waals surface area (Å²) in [6, 6.07) is 17.5. The summed E-state index contributed by atoms with van der Waals surface area (Å²) in [7, 11) is -4.12. The van der Waals surface area contributed by atoms with E-state index in [4.69, 9.17) is 23.2 Å². The van der Waals surface area contributed by atoms with E-state index >= 15 is 0 Å². The van der Waals surface area contributed by atoms with E-state index in [-0.39, 0.29) is 23.3 Å². The van der Waals surface area contributed by atoms with Crippen molar-refractivity contribution in [2.24, 2.45) is 5.92 Å². The molecule has 0 fully saturated rings. The molecule has 40 heavy (non-hydrogen) atoms. The molecule has 0 saturated heterocycles. The van der Waals surface area contributed by atoms with Gasteiger partial charge in [0.1, 0.15) is 12.6 Å². The van der Waals surface area contributed by atoms with Crippen LogP contribution in [0.3, 0.4) is 0 Å². The number of hydrogen-bond acceptors (Lipinski definition) is 4. The van der Waals surface area contributed by atoms with Crippen molar-refractivity contribution in [2.75, 3.05) is 17.4 Å². The van der Waals surface area contributed by atoms with Crippen molar-refractivity contribution in [1.29, 1.82) is 0 Å². The van der Waals surface area contributed by atoms with Crippen molar-refractivity contribution in [3.63, 3.8) is 0 Å². The zero-order chi connectivity index (χ0) is 29.6. The number of nitrogens with zero attached hydrogens (tertiary/aromatic N) is 2. The smallest absolute Gasteiger partial charge is 0.264 e. The zero-order valence-corrected chi connectivity index (χ0v) is 25.6. The Labute approximate surface area is 247 Å². The van der Waals surface area contributed by atoms with Crippen LogP contribution in [0.4, 0.5) is 5.69 Å². The molecule has 0 bridgehead atoms. The molecule has 0 aromatic heterocycles. The number of sulfonamides is 1. The monoisotopic (exact) mass is 603 g/mol. The lowest BCUT2D eigenvalue weighted by Crippen LogP contribution is -2.51. The van der Waals surface area contributed by atoms with Crippen LogP contribution < -0.4 is 9.62 Å². The van der Waals surface area contributed by atoms with E-state index < -0.39 is 28.5 Å². The fourth-order valence-corrected chi connectivity index (χ4v) is 5.75. The Balaban J connectivity index is 2.03. The first-order chi connectivity index (χ1) is 18.8. The first kappa shape index (κ1) is 31.5. The number of benzene rings is 3. The molecule has 1 unspecified atom stereocenters. The maximum atomic E-state index is 14.0. The average molecular weight is 605 g/mol. The number of carbonyl (C=O) groups excluding carboxylic acids is 2. The van der Waals surface area contributed by atoms with Gasteiger partial charge < -0.3 is 10.2 Å². The maximum Gasteiger partial charge on any atom is 0.264 e. The molecule has 3 aromatic rings. The summed E-state index contributed by atoms with van der Waals surface area (Å²) in [4.78, 5) is 28.5. The molecule has 0 aliphatic rings. The van der Waals surface area contributed by atoms with Gasteiger partial charge in [0.15, 0.2) is 0 Å². The number of halogens is 2. The summed E-state index contributed by atoms with van der Waals surface area (Å²) >= 11 is 12.3. The van der Waals surface area contributed by atoms with Gasteiger partial charge in [-0.15, -0.1) is 0 Å². The van der Waals surface area contributed by atoms with E-state index in [1.165, 1.54) is 17.0 Å². The summed E-state index contributed by atoms with van der Waals surface area (Å²) in [5, 5.41) is 3.54. The molecule has 3 rings (SSSR count). The van der Waals surface area contributed by atoms with Crippen LogP contribution in [0.5, 0.6) is 0 Å². The molecular formula is C30H35Cl2N3O4S. The van der Waals surface area contributed by atoms with Crippen LogP contribution in [0.15, 0.2) is 71.6 Å². The van der Waals surface area contributed by atoms with E-state index in [1.807, 2.05) is 33.8 Å². The van der Waals surface area contributed by atoms with Crippen molar-refractivity contribution < 1.29 is 18.0 Å². The number of aryl methyl sites for hydroxylation is 2. The lowest BCUT2D eigenvalue weighted by molar-refractivity contribution is -0.139. The number of amides is 2. The van der Waals surface area contributed by atoms with Crippen LogP contribution in [0.25, 0.3) is 0 Å². The molecule has 0 radical (unpaired) electrons. The van der Waals surface area contributed by atoms with Gasteiger partial charge in [0, 0.05) is 13.1 Å². The largest absolute Gasteiger partial charge is 0.354 e. The Morgan fingerprint density at radius 3 is 2.15 bits per heavy atom. The number of rotatable bonds is 11. The SMILES string of the molecule is Cc1ccc(S(=O)(=O)N(CC(=O)N(Cc2ccc(Cl)c(Cl)c2)C(C)C(=O)NCC(C)C)c2cccc(C)c2)cc1. The third kappa shape index (κ3) is 7.99. The van der Waals surface area contributed by atoms with Crippen LogP contribution in [0.2, 0.25) is 10.0 Å². The van der Waals surface area contributed by atoms with E-state index in [9.17, 15) is 18.0 Å². The fourth-order valence-electron chi connectivity index (χ4n) is 4.02. The molecule has 1 N–H and O–H groups in total. The predicted molar refractivity (Wildman–Crippen MR) is 161 cm³/mol. The molecule has 0 spiro atoms. The second-order valence-corrected chi connectivity index (χ2v) is 12.9. The predicted octanol–water partition coefficient (Wildman–Crippen LogP) is 6.00. The summed E-state index contributed by atoms with van der Waals surface area (Å²) in [6.45, 7) is 9.23. The van der Waals surface area contributed by atoms with Crippen LogP contribution in [0.1, 0.15) is 37.5 Å². The van der Waals surface area contributed by atoms with Crippen molar-refractivity contribution in [3.8, 4) is 0 Å². The number of hydrogen-bond donors (Lipinski definition) is 1. The molecule has 0 aliphatic heterocycles. The summed E-state index contributed by atoms with van der Waals surface area (Å²) in [5.74, 6) is -0.673. The highest BCUT2D eigenvalue weighted by atomic mass is 35.5. The first-order valence-electron chi connectivity index (χ1n) is 13.0. The van der Waals surface area contributed by atoms with Crippen molar-refractivity contribution in [2.45, 2.75) is 52.1 Å². The average Bonchev–Trinajstić information content (AvgIpc) is 2.90. The van der Waals surface area contributed by atoms with E-state index in [1.54, 1.807) is 55.5 Å². The Morgan fingerprint density at radius 1 is 0.875 bits per heavy atom. The summed E-state index contributed by atoms with van der Waals surface area (Å²) in [6.07, 6.45) is 0. The van der Waals surface area contributed by atoms with Crippen molar-refractivity contribution in [1.82, 2.24) is 10.2 Å². The van der Waals surface area contributed by atoms with E-state index in [2.05, 4.69) is 5.32 Å². The quantitative estimate of drug-likeness (QED) is 0.291. The van der Waals surface area contributed by atoms with Gasteiger partial charge in [-0.05, 0) is 74.2 Å². The Kier molecular flexibility index (Phi) is 10.6. The lowest BCUT2D eigenvalue weighted by atomic mass is 10.1. The minimum atomic E-state index is -4.12. The second-order valence-electron chi connectivity index (χ2n) is 10.2. The van der Waals surface area contributed by atoms with Gasteiger partial charge >= 0.3 is 0 Å². The molecular weight excluding hydrogens is 569 g/mol. The number of carbonyl (C=O) groups is 2. The van der Waals surface area contributed by atoms with Crippen LogP contribution in [-0.2, 0) is 26.2 Å². The van der Waals surface area contributed by atoms with Crippen molar-refractivity contribution in [3.05, 3.63) is 93.5 Å². The molecule has 214 valence electrons. The minimum absolute atomic E-state index is 0.0260. The Hall–Kier alpha value is -3.07. The Bertz CT molecular complexity index is 1460. The summed E-state index contributed by atoms with van der Waals surface area (Å²) < 4.78 is 28.8. The first-order valence-corrected chi connectivity index (χ1v) is 15.2. The van der Waals surface area contributed by atoms with Crippen LogP contribution >= 0.6 is 23.2 Å². The highest BCUT2D eigenvalue weighted by molar-refractivity contribution is 7.92. The van der Waals surface area contributed by atoms with Gasteiger partial charge in [0.05, 0.1) is 20.6 Å². The molecule has 7 nitrogen and oxygen atoms in total. The van der Waals surface area contributed by atoms with Gasteiger partial charge in [-0.2, -0.15) is 0 Å². The molecule has 0 aliphatic carbocycles. The topological polar surface area (TPSA) is 86.8 Å². The van der Waals surface area contributed by atoms with Crippen LogP contribution in [0, 0.1) is 19.8 Å². The maximum absolute atomic E-state index is 14.0. The number of anilines is 1. The molecule has 1 atom stereocenters. The highest BCUT2D eigenvalue weighted by Gasteiger charge is 2.32. The molecule has 3 aromatic carbocycles. The van der Waals surface area contributed by atoms with Gasteiger partial charge in [-0.25, -0.2) is 8.42 Å². The third-order valence-electron chi connectivity index (χ3n) is 6.37. The summed E-state index contributed by atoms with van der Waals surface area (Å²) in [5.41, 5.74) is 2.74. The molecule has 0 heterocycles. The zero-order valence-electron chi connectivity index (χ0n) is 23.3. The van der Waals surface area contributed by atoms with Gasteiger partial charge in [-0.1, -0.05) is 72.9 Å². The van der Waals surface area contributed by atoms with Gasteiger partial charge in [-0.3, -0.25) is 13.9 Å². The molecule has 2 amide bonds. The third-order valence-corrected chi connectivity index (χ3v) is 8.89. The normalized spacial score (nSPS) is 12.2. The van der Waals surface area contributed by atoms with Crippen LogP contribution in [-0.4, -0.2) is 44.3 Å². The minimum Gasteiger partial charge on any atom is -0.354 e. The van der Waals surface area contributed by atoms with Gasteiger partial charge in [0.2, 0.25) is 11.8 Å². The lowest BCUT2D eigenvalue weighted by Gasteiger charge is -2.32. The van der Waals surface area contributed by atoms with Crippen molar-refractivity contribution >= 4 is 50.7 Å². The van der Waals surface area contributed by atoms with E-state index in [0.717, 1.165) is 15.4 Å².